The van der Waals surface area contributed by atoms with Gasteiger partial charge in [-0.05, 0) is 36.8 Å². The number of nitrogen functional groups attached to an aromatic ring is 1. The number of rotatable bonds is 5. The van der Waals surface area contributed by atoms with Crippen LogP contribution in [0.5, 0.6) is 0 Å². The number of benzene rings is 2. The number of nitrogens with two attached hydrogens (primary N) is 1. The van der Waals surface area contributed by atoms with Crippen molar-refractivity contribution in [2.45, 2.75) is 13.5 Å². The summed E-state index contributed by atoms with van der Waals surface area (Å²) in [5.74, 6) is -0.327. The molecule has 0 fully saturated rings. The van der Waals surface area contributed by atoms with Crippen molar-refractivity contribution in [2.75, 3.05) is 5.73 Å². The molecule has 0 atom stereocenters. The fourth-order valence-electron chi connectivity index (χ4n) is 2.43. The van der Waals surface area contributed by atoms with E-state index in [1.54, 1.807) is 28.9 Å². The molecule has 26 heavy (non-hydrogen) atoms. The van der Waals surface area contributed by atoms with Gasteiger partial charge < -0.3 is 5.73 Å². The highest BCUT2D eigenvalue weighted by Gasteiger charge is 2.12. The summed E-state index contributed by atoms with van der Waals surface area (Å²) < 4.78 is 1.70. The summed E-state index contributed by atoms with van der Waals surface area (Å²) in [7, 11) is 0. The third-order valence-corrected chi connectivity index (χ3v) is 4.22. The Balaban J connectivity index is 1.70. The van der Waals surface area contributed by atoms with Gasteiger partial charge in [0.15, 0.2) is 0 Å². The molecule has 7 heteroatoms. The first-order chi connectivity index (χ1) is 12.5. The van der Waals surface area contributed by atoms with E-state index in [2.05, 4.69) is 15.6 Å². The number of hydrazone groups is 1. The Morgan fingerprint density at radius 2 is 1.92 bits per heavy atom. The van der Waals surface area contributed by atoms with Crippen LogP contribution < -0.4 is 11.2 Å². The molecular weight excluding hydrogens is 350 g/mol. The van der Waals surface area contributed by atoms with Crippen molar-refractivity contribution in [2.24, 2.45) is 5.10 Å². The second-order valence-electron chi connectivity index (χ2n) is 5.75. The lowest BCUT2D eigenvalue weighted by Gasteiger charge is -2.03. The number of aromatic nitrogens is 2. The number of nitrogens with one attached hydrogen (secondary N) is 1. The van der Waals surface area contributed by atoms with Crippen LogP contribution in [0.2, 0.25) is 5.15 Å². The highest BCUT2D eigenvalue weighted by molar-refractivity contribution is 6.32. The summed E-state index contributed by atoms with van der Waals surface area (Å²) in [5, 5.41) is 8.90. The molecule has 1 aromatic heterocycles. The molecule has 0 spiro atoms. The topological polar surface area (TPSA) is 85.3 Å². The van der Waals surface area contributed by atoms with Gasteiger partial charge in [-0.25, -0.2) is 10.1 Å². The largest absolute Gasteiger partial charge is 0.399 e. The average molecular weight is 368 g/mol. The second kappa shape index (κ2) is 7.84. The predicted molar refractivity (Wildman–Crippen MR) is 103 cm³/mol. The molecule has 132 valence electrons. The SMILES string of the molecule is Cc1nn(Cc2ccccc2)c(Cl)c1/C=N/NC(=O)c1ccc(N)cc1. The van der Waals surface area contributed by atoms with Crippen LogP contribution in [0.4, 0.5) is 5.69 Å². The third kappa shape index (κ3) is 4.10. The lowest BCUT2D eigenvalue weighted by atomic mass is 10.2. The molecule has 3 N–H and O–H groups in total. The van der Waals surface area contributed by atoms with Crippen molar-refractivity contribution >= 4 is 29.4 Å². The summed E-state index contributed by atoms with van der Waals surface area (Å²) in [5.41, 5.74) is 11.6. The molecule has 0 saturated heterocycles. The molecule has 2 aromatic carbocycles. The molecule has 0 radical (unpaired) electrons. The number of halogens is 1. The van der Waals surface area contributed by atoms with Gasteiger partial charge in [-0.2, -0.15) is 10.2 Å². The van der Waals surface area contributed by atoms with Crippen molar-refractivity contribution < 1.29 is 4.79 Å². The number of carbonyl (C=O) groups excluding carboxylic acids is 1. The minimum absolute atomic E-state index is 0.327. The van der Waals surface area contributed by atoms with Gasteiger partial charge in [0, 0.05) is 11.3 Å². The Hall–Kier alpha value is -3.12. The molecule has 3 aromatic rings. The smallest absolute Gasteiger partial charge is 0.271 e. The van der Waals surface area contributed by atoms with Gasteiger partial charge in [-0.3, -0.25) is 4.79 Å². The van der Waals surface area contributed by atoms with Crippen LogP contribution in [-0.4, -0.2) is 21.9 Å². The van der Waals surface area contributed by atoms with E-state index in [1.807, 2.05) is 37.3 Å². The van der Waals surface area contributed by atoms with Gasteiger partial charge in [0.25, 0.3) is 5.91 Å². The van der Waals surface area contributed by atoms with Crippen LogP contribution in [0.15, 0.2) is 59.7 Å². The van der Waals surface area contributed by atoms with E-state index in [4.69, 9.17) is 17.3 Å². The molecule has 0 saturated carbocycles. The van der Waals surface area contributed by atoms with Crippen molar-refractivity contribution in [1.29, 1.82) is 0 Å². The molecular formula is C19H18ClN5O. The van der Waals surface area contributed by atoms with Crippen LogP contribution in [-0.2, 0) is 6.54 Å². The van der Waals surface area contributed by atoms with Gasteiger partial charge in [-0.1, -0.05) is 41.9 Å². The van der Waals surface area contributed by atoms with Crippen LogP contribution >= 0.6 is 11.6 Å². The Morgan fingerprint density at radius 1 is 1.23 bits per heavy atom. The van der Waals surface area contributed by atoms with Crippen LogP contribution in [0.3, 0.4) is 0 Å². The first kappa shape index (κ1) is 17.7. The molecule has 3 rings (SSSR count). The van der Waals surface area contributed by atoms with E-state index >= 15 is 0 Å². The van der Waals surface area contributed by atoms with Crippen molar-refractivity contribution in [1.82, 2.24) is 15.2 Å². The van der Waals surface area contributed by atoms with Crippen molar-refractivity contribution in [3.05, 3.63) is 82.1 Å². The van der Waals surface area contributed by atoms with Crippen molar-refractivity contribution in [3.63, 3.8) is 0 Å². The molecule has 0 aliphatic carbocycles. The summed E-state index contributed by atoms with van der Waals surface area (Å²) in [6.07, 6.45) is 1.50. The maximum absolute atomic E-state index is 12.0. The maximum Gasteiger partial charge on any atom is 0.271 e. The Labute approximate surface area is 156 Å². The number of hydrogen-bond donors (Lipinski definition) is 2. The van der Waals surface area contributed by atoms with Gasteiger partial charge in [0.2, 0.25) is 0 Å². The van der Waals surface area contributed by atoms with E-state index in [-0.39, 0.29) is 5.91 Å². The zero-order chi connectivity index (χ0) is 18.5. The lowest BCUT2D eigenvalue weighted by Crippen LogP contribution is -2.17. The van der Waals surface area contributed by atoms with Crippen LogP contribution in [0.25, 0.3) is 0 Å². The highest BCUT2D eigenvalue weighted by atomic mass is 35.5. The number of aryl methyl sites for hydroxylation is 1. The molecule has 6 nitrogen and oxygen atoms in total. The number of amides is 1. The van der Waals surface area contributed by atoms with Gasteiger partial charge in [0.1, 0.15) is 5.15 Å². The summed E-state index contributed by atoms with van der Waals surface area (Å²) in [6.45, 7) is 2.41. The number of nitrogens with zero attached hydrogens (tertiary/aromatic N) is 3. The molecule has 0 aliphatic heterocycles. The minimum Gasteiger partial charge on any atom is -0.399 e. The zero-order valence-electron chi connectivity index (χ0n) is 14.2. The highest BCUT2D eigenvalue weighted by Crippen LogP contribution is 2.19. The van der Waals surface area contributed by atoms with Crippen LogP contribution in [0.1, 0.15) is 27.2 Å². The lowest BCUT2D eigenvalue weighted by molar-refractivity contribution is 0.0955. The Morgan fingerprint density at radius 3 is 2.62 bits per heavy atom. The van der Waals surface area contributed by atoms with E-state index in [9.17, 15) is 4.79 Å². The molecule has 0 bridgehead atoms. The molecule has 0 unspecified atom stereocenters. The third-order valence-electron chi connectivity index (χ3n) is 3.82. The van der Waals surface area contributed by atoms with Gasteiger partial charge in [-0.15, -0.1) is 0 Å². The first-order valence-electron chi connectivity index (χ1n) is 8.00. The summed E-state index contributed by atoms with van der Waals surface area (Å²) >= 11 is 6.41. The predicted octanol–water partition coefficient (Wildman–Crippen LogP) is 3.24. The van der Waals surface area contributed by atoms with Gasteiger partial charge >= 0.3 is 0 Å². The molecule has 0 aliphatic rings. The fourth-order valence-corrected chi connectivity index (χ4v) is 2.71. The number of carbonyl (C=O) groups is 1. The van der Waals surface area contributed by atoms with E-state index < -0.39 is 0 Å². The van der Waals surface area contributed by atoms with Crippen molar-refractivity contribution in [3.8, 4) is 0 Å². The maximum atomic E-state index is 12.0. The quantitative estimate of drug-likeness (QED) is 0.412. The molecule has 1 amide bonds. The normalized spacial score (nSPS) is 11.0. The van der Waals surface area contributed by atoms with Crippen LogP contribution in [0, 0.1) is 6.92 Å². The van der Waals surface area contributed by atoms with E-state index in [0.717, 1.165) is 11.3 Å². The van der Waals surface area contributed by atoms with Gasteiger partial charge in [0.05, 0.1) is 24.0 Å². The average Bonchev–Trinajstić information content (AvgIpc) is 2.90. The summed E-state index contributed by atoms with van der Waals surface area (Å²) in [4.78, 5) is 12.0. The zero-order valence-corrected chi connectivity index (χ0v) is 14.9. The summed E-state index contributed by atoms with van der Waals surface area (Å²) in [6, 6.07) is 16.5. The minimum atomic E-state index is -0.327. The number of hydrogen-bond acceptors (Lipinski definition) is 4. The Bertz CT molecular complexity index is 933. The fraction of sp³-hybridized carbons (Fsp3) is 0.105. The van der Waals surface area contributed by atoms with E-state index in [0.29, 0.717) is 28.5 Å². The van der Waals surface area contributed by atoms with E-state index in [1.165, 1.54) is 6.21 Å². The number of anilines is 1. The molecule has 1 heterocycles. The second-order valence-corrected chi connectivity index (χ2v) is 6.11. The Kier molecular flexibility index (Phi) is 5.34. The first-order valence-corrected chi connectivity index (χ1v) is 8.38. The monoisotopic (exact) mass is 367 g/mol. The standard InChI is InChI=1S/C19H18ClN5O/c1-13-17(11-22-23-19(26)15-7-9-16(21)10-8-15)18(20)25(24-13)12-14-5-3-2-4-6-14/h2-11H,12,21H2,1H3,(H,23,26)/b22-11+.